The lowest BCUT2D eigenvalue weighted by atomic mass is 10.4. The largest absolute Gasteiger partial charge is 0.392 e. The minimum atomic E-state index is 0.108. The summed E-state index contributed by atoms with van der Waals surface area (Å²) in [7, 11) is 0. The lowest BCUT2D eigenvalue weighted by Gasteiger charge is -1.93. The number of aliphatic hydroxyl groups excluding tert-OH is 1. The molecular formula is C7H11N3O. The second-order valence-corrected chi connectivity index (χ2v) is 2.10. The van der Waals surface area contributed by atoms with Gasteiger partial charge in [0.25, 0.3) is 0 Å². The third kappa shape index (κ3) is 2.95. The average Bonchev–Trinajstić information content (AvgIpc) is 2.50. The first-order chi connectivity index (χ1) is 5.43. The Kier molecular flexibility index (Phi) is 3.34. The zero-order valence-electron chi connectivity index (χ0n) is 6.22. The third-order valence-corrected chi connectivity index (χ3v) is 1.26. The molecular weight excluding hydrogens is 142 g/mol. The van der Waals surface area contributed by atoms with Crippen molar-refractivity contribution < 1.29 is 5.11 Å². The van der Waals surface area contributed by atoms with Gasteiger partial charge in [-0.2, -0.15) is 5.10 Å². The van der Waals surface area contributed by atoms with Gasteiger partial charge in [-0.15, -0.1) is 0 Å². The highest BCUT2D eigenvalue weighted by Crippen LogP contribution is 1.87. The molecule has 0 radical (unpaired) electrons. The maximum Gasteiger partial charge on any atom is 0.137 e. The van der Waals surface area contributed by atoms with Crippen LogP contribution in [0.15, 0.2) is 24.8 Å². The molecule has 0 aliphatic carbocycles. The molecule has 0 fully saturated rings. The van der Waals surface area contributed by atoms with Crippen LogP contribution in [0.1, 0.15) is 6.42 Å². The Morgan fingerprint density at radius 3 is 3.00 bits per heavy atom. The van der Waals surface area contributed by atoms with E-state index in [0.717, 1.165) is 13.0 Å². The quantitative estimate of drug-likeness (QED) is 0.629. The van der Waals surface area contributed by atoms with Crippen molar-refractivity contribution in [2.75, 3.05) is 6.61 Å². The van der Waals surface area contributed by atoms with E-state index in [-0.39, 0.29) is 6.61 Å². The maximum atomic E-state index is 8.40. The van der Waals surface area contributed by atoms with Gasteiger partial charge in [0.15, 0.2) is 0 Å². The first-order valence-corrected chi connectivity index (χ1v) is 3.52. The Bertz CT molecular complexity index is 205. The molecule has 0 spiro atoms. The van der Waals surface area contributed by atoms with Crippen molar-refractivity contribution in [3.8, 4) is 0 Å². The Morgan fingerprint density at radius 1 is 1.45 bits per heavy atom. The topological polar surface area (TPSA) is 50.9 Å². The van der Waals surface area contributed by atoms with Crippen molar-refractivity contribution in [2.24, 2.45) is 0 Å². The molecule has 1 aromatic rings. The summed E-state index contributed by atoms with van der Waals surface area (Å²) in [5.41, 5.74) is 0. The second-order valence-electron chi connectivity index (χ2n) is 2.10. The van der Waals surface area contributed by atoms with Crippen LogP contribution in [0.2, 0.25) is 0 Å². The monoisotopic (exact) mass is 153 g/mol. The molecule has 0 amide bonds. The van der Waals surface area contributed by atoms with E-state index in [1.807, 2.05) is 6.08 Å². The standard InChI is InChI=1S/C7H11N3O/c11-5-3-1-2-4-10-7-8-6-9-10/h1,3,6-7,11H,2,4-5H2/b3-1+. The van der Waals surface area contributed by atoms with Gasteiger partial charge in [0.1, 0.15) is 12.7 Å². The van der Waals surface area contributed by atoms with E-state index in [4.69, 9.17) is 5.11 Å². The van der Waals surface area contributed by atoms with Gasteiger partial charge >= 0.3 is 0 Å². The van der Waals surface area contributed by atoms with E-state index in [0.29, 0.717) is 0 Å². The van der Waals surface area contributed by atoms with Crippen LogP contribution in [0.3, 0.4) is 0 Å². The minimum absolute atomic E-state index is 0.108. The normalized spacial score (nSPS) is 11.0. The molecule has 0 atom stereocenters. The van der Waals surface area contributed by atoms with Gasteiger partial charge in [-0.1, -0.05) is 12.2 Å². The highest BCUT2D eigenvalue weighted by atomic mass is 16.2. The van der Waals surface area contributed by atoms with Crippen LogP contribution >= 0.6 is 0 Å². The van der Waals surface area contributed by atoms with Crippen LogP contribution in [0.25, 0.3) is 0 Å². The first-order valence-electron chi connectivity index (χ1n) is 3.52. The minimum Gasteiger partial charge on any atom is -0.392 e. The van der Waals surface area contributed by atoms with Crippen LogP contribution in [0, 0.1) is 0 Å². The fraction of sp³-hybridized carbons (Fsp3) is 0.429. The van der Waals surface area contributed by atoms with Crippen LogP contribution in [-0.2, 0) is 6.54 Å². The number of nitrogens with zero attached hydrogens (tertiary/aromatic N) is 3. The molecule has 0 saturated heterocycles. The molecule has 0 aromatic carbocycles. The Labute approximate surface area is 65.2 Å². The summed E-state index contributed by atoms with van der Waals surface area (Å²) in [5, 5.41) is 12.3. The molecule has 1 heterocycles. The zero-order chi connectivity index (χ0) is 7.94. The van der Waals surface area contributed by atoms with E-state index in [1.54, 1.807) is 17.1 Å². The van der Waals surface area contributed by atoms with E-state index in [2.05, 4.69) is 10.1 Å². The van der Waals surface area contributed by atoms with Gasteiger partial charge in [-0.3, -0.25) is 4.68 Å². The Morgan fingerprint density at radius 2 is 2.36 bits per heavy atom. The number of hydrogen-bond acceptors (Lipinski definition) is 3. The molecule has 11 heavy (non-hydrogen) atoms. The Balaban J connectivity index is 2.19. The average molecular weight is 153 g/mol. The number of hydrogen-bond donors (Lipinski definition) is 1. The first kappa shape index (κ1) is 7.94. The van der Waals surface area contributed by atoms with Crippen LogP contribution in [0.4, 0.5) is 0 Å². The van der Waals surface area contributed by atoms with Crippen molar-refractivity contribution in [3.05, 3.63) is 24.8 Å². The maximum absolute atomic E-state index is 8.40. The van der Waals surface area contributed by atoms with Crippen LogP contribution < -0.4 is 0 Å². The fourth-order valence-electron chi connectivity index (χ4n) is 0.747. The van der Waals surface area contributed by atoms with E-state index in [1.165, 1.54) is 6.33 Å². The predicted molar refractivity (Wildman–Crippen MR) is 40.9 cm³/mol. The molecule has 0 bridgehead atoms. The van der Waals surface area contributed by atoms with Crippen molar-refractivity contribution in [1.82, 2.24) is 14.8 Å². The molecule has 1 N–H and O–H groups in total. The zero-order valence-corrected chi connectivity index (χ0v) is 6.22. The second kappa shape index (κ2) is 4.62. The highest BCUT2D eigenvalue weighted by Gasteiger charge is 1.86. The van der Waals surface area contributed by atoms with E-state index in [9.17, 15) is 0 Å². The molecule has 4 nitrogen and oxygen atoms in total. The molecule has 4 heteroatoms. The summed E-state index contributed by atoms with van der Waals surface area (Å²) in [6.07, 6.45) is 7.70. The van der Waals surface area contributed by atoms with Gasteiger partial charge in [-0.05, 0) is 6.42 Å². The molecule has 0 aliphatic heterocycles. The van der Waals surface area contributed by atoms with Crippen molar-refractivity contribution in [1.29, 1.82) is 0 Å². The predicted octanol–water partition coefficient (Wildman–Crippen LogP) is 0.217. The summed E-state index contributed by atoms with van der Waals surface area (Å²) in [4.78, 5) is 3.80. The summed E-state index contributed by atoms with van der Waals surface area (Å²) in [6, 6.07) is 0. The molecule has 60 valence electrons. The molecule has 0 unspecified atom stereocenters. The molecule has 1 aromatic heterocycles. The van der Waals surface area contributed by atoms with Crippen molar-refractivity contribution in [3.63, 3.8) is 0 Å². The lowest BCUT2D eigenvalue weighted by Crippen LogP contribution is -1.96. The van der Waals surface area contributed by atoms with Gasteiger partial charge in [0.2, 0.25) is 0 Å². The number of aliphatic hydroxyl groups is 1. The van der Waals surface area contributed by atoms with Gasteiger partial charge in [0, 0.05) is 6.54 Å². The summed E-state index contributed by atoms with van der Waals surface area (Å²) in [5.74, 6) is 0. The number of aryl methyl sites for hydroxylation is 1. The number of rotatable bonds is 4. The summed E-state index contributed by atoms with van der Waals surface area (Å²) >= 11 is 0. The molecule has 0 saturated carbocycles. The van der Waals surface area contributed by atoms with E-state index < -0.39 is 0 Å². The van der Waals surface area contributed by atoms with Crippen LogP contribution in [0.5, 0.6) is 0 Å². The number of allylic oxidation sites excluding steroid dienone is 1. The third-order valence-electron chi connectivity index (χ3n) is 1.26. The van der Waals surface area contributed by atoms with Crippen molar-refractivity contribution in [2.45, 2.75) is 13.0 Å². The van der Waals surface area contributed by atoms with Crippen LogP contribution in [-0.4, -0.2) is 26.5 Å². The SMILES string of the molecule is OC/C=C/CCn1cncn1. The lowest BCUT2D eigenvalue weighted by molar-refractivity contribution is 0.342. The fourth-order valence-corrected chi connectivity index (χ4v) is 0.747. The van der Waals surface area contributed by atoms with E-state index >= 15 is 0 Å². The smallest absolute Gasteiger partial charge is 0.137 e. The van der Waals surface area contributed by atoms with Gasteiger partial charge < -0.3 is 5.11 Å². The molecule has 1 rings (SSSR count). The van der Waals surface area contributed by atoms with Crippen molar-refractivity contribution >= 4 is 0 Å². The highest BCUT2D eigenvalue weighted by molar-refractivity contribution is 4.80. The Hall–Kier alpha value is -1.16. The summed E-state index contributed by atoms with van der Waals surface area (Å²) in [6.45, 7) is 0.924. The van der Waals surface area contributed by atoms with Gasteiger partial charge in [-0.25, -0.2) is 4.98 Å². The van der Waals surface area contributed by atoms with Gasteiger partial charge in [0.05, 0.1) is 6.61 Å². The number of aromatic nitrogens is 3. The molecule has 0 aliphatic rings. The summed E-state index contributed by atoms with van der Waals surface area (Å²) < 4.78 is 1.75.